The van der Waals surface area contributed by atoms with Gasteiger partial charge < -0.3 is 5.32 Å². The molecule has 8 nitrogen and oxygen atoms in total. The Morgan fingerprint density at radius 1 is 1.10 bits per heavy atom. The fourth-order valence-electron chi connectivity index (χ4n) is 3.42. The first-order valence-electron chi connectivity index (χ1n) is 9.03. The molecule has 1 N–H and O–H groups in total. The van der Waals surface area contributed by atoms with Gasteiger partial charge in [-0.1, -0.05) is 33.3 Å². The third-order valence-corrected chi connectivity index (χ3v) is 5.66. The van der Waals surface area contributed by atoms with E-state index < -0.39 is 23.9 Å². The lowest BCUT2D eigenvalue weighted by Crippen LogP contribution is -2.43. The van der Waals surface area contributed by atoms with E-state index in [0.29, 0.717) is 11.4 Å². The van der Waals surface area contributed by atoms with Crippen molar-refractivity contribution < 1.29 is 14.4 Å². The van der Waals surface area contributed by atoms with Crippen molar-refractivity contribution in [1.29, 1.82) is 0 Å². The summed E-state index contributed by atoms with van der Waals surface area (Å²) in [5.74, 6) is -1.21. The molecule has 0 unspecified atom stereocenters. The van der Waals surface area contributed by atoms with Gasteiger partial charge in [0.1, 0.15) is 6.54 Å². The summed E-state index contributed by atoms with van der Waals surface area (Å²) < 4.78 is 0.838. The number of imide groups is 1. The molecule has 0 aliphatic carbocycles. The molecule has 1 fully saturated rings. The molecular formula is C20H18BrN5O3. The number of nitrogens with zero attached hydrogens (tertiary/aromatic N) is 4. The number of aryl methyl sites for hydroxylation is 1. The number of anilines is 2. The third-order valence-electron chi connectivity index (χ3n) is 5.13. The molecule has 2 heterocycles. The highest BCUT2D eigenvalue weighted by Crippen LogP contribution is 2.32. The van der Waals surface area contributed by atoms with Crippen molar-refractivity contribution in [3.8, 4) is 0 Å². The van der Waals surface area contributed by atoms with Crippen LogP contribution in [0.3, 0.4) is 0 Å². The molecule has 1 saturated heterocycles. The van der Waals surface area contributed by atoms with Gasteiger partial charge in [0.2, 0.25) is 5.91 Å². The lowest BCUT2D eigenvalue weighted by molar-refractivity contribution is -0.123. The number of benzene rings is 2. The molecule has 0 bridgehead atoms. The number of halogens is 1. The van der Waals surface area contributed by atoms with Crippen LogP contribution in [0.15, 0.2) is 57.3 Å². The smallest absolute Gasteiger partial charge is 0.263 e. The predicted molar refractivity (Wildman–Crippen MR) is 110 cm³/mol. The maximum atomic E-state index is 12.9. The molecule has 3 amide bonds. The minimum absolute atomic E-state index is 0.175. The van der Waals surface area contributed by atoms with Crippen molar-refractivity contribution in [1.82, 2.24) is 5.01 Å². The largest absolute Gasteiger partial charge is 0.324 e. The van der Waals surface area contributed by atoms with Crippen molar-refractivity contribution >= 4 is 45.0 Å². The molecule has 29 heavy (non-hydrogen) atoms. The normalized spacial score (nSPS) is 20.4. The number of fused-ring (bicyclic) bond motifs is 1. The van der Waals surface area contributed by atoms with Crippen LogP contribution in [0, 0.1) is 13.8 Å². The van der Waals surface area contributed by atoms with Crippen LogP contribution in [0.2, 0.25) is 0 Å². The van der Waals surface area contributed by atoms with E-state index >= 15 is 0 Å². The van der Waals surface area contributed by atoms with E-state index in [4.69, 9.17) is 0 Å². The van der Waals surface area contributed by atoms with Crippen molar-refractivity contribution in [2.24, 2.45) is 10.3 Å². The first-order chi connectivity index (χ1) is 13.9. The Morgan fingerprint density at radius 3 is 2.55 bits per heavy atom. The van der Waals surface area contributed by atoms with Gasteiger partial charge in [-0.15, -0.1) is 0 Å². The minimum atomic E-state index is -0.931. The molecule has 2 aromatic carbocycles. The first-order valence-corrected chi connectivity index (χ1v) is 9.83. The van der Waals surface area contributed by atoms with Gasteiger partial charge in [0, 0.05) is 10.2 Å². The second kappa shape index (κ2) is 7.40. The highest BCUT2D eigenvalue weighted by Gasteiger charge is 2.55. The average molecular weight is 456 g/mol. The van der Waals surface area contributed by atoms with Crippen LogP contribution in [-0.2, 0) is 14.4 Å². The summed E-state index contributed by atoms with van der Waals surface area (Å²) in [6.07, 6.45) is 0. The van der Waals surface area contributed by atoms with Crippen molar-refractivity contribution in [2.45, 2.75) is 25.9 Å². The highest BCUT2D eigenvalue weighted by atomic mass is 79.9. The monoisotopic (exact) mass is 455 g/mol. The summed E-state index contributed by atoms with van der Waals surface area (Å²) in [7, 11) is 0. The van der Waals surface area contributed by atoms with Crippen molar-refractivity contribution in [2.75, 3.05) is 16.8 Å². The summed E-state index contributed by atoms with van der Waals surface area (Å²) in [6.45, 7) is 3.71. The molecule has 148 valence electrons. The first kappa shape index (κ1) is 19.3. The zero-order valence-corrected chi connectivity index (χ0v) is 17.4. The molecule has 9 heteroatoms. The topological polar surface area (TPSA) is 94.4 Å². The summed E-state index contributed by atoms with van der Waals surface area (Å²) in [5, 5.41) is 12.0. The molecule has 0 aromatic heterocycles. The molecule has 0 saturated carbocycles. The van der Waals surface area contributed by atoms with Gasteiger partial charge in [-0.05, 0) is 55.3 Å². The van der Waals surface area contributed by atoms with E-state index in [-0.39, 0.29) is 12.5 Å². The Labute approximate surface area is 175 Å². The van der Waals surface area contributed by atoms with E-state index in [2.05, 4.69) is 31.6 Å². The van der Waals surface area contributed by atoms with Crippen LogP contribution in [-0.4, -0.2) is 41.4 Å². The number of rotatable bonds is 4. The van der Waals surface area contributed by atoms with E-state index in [1.807, 2.05) is 32.0 Å². The SMILES string of the molecule is Cc1cccc(NC(=O)CN2N=N[C@H]3C(=O)N(c4ccc(Br)cc4)C(=O)[C@H]32)c1C. The van der Waals surface area contributed by atoms with Gasteiger partial charge in [-0.2, -0.15) is 5.11 Å². The number of hydrogen-bond acceptors (Lipinski definition) is 6. The van der Waals surface area contributed by atoms with E-state index in [1.54, 1.807) is 24.3 Å². The Hall–Kier alpha value is -3.07. The fraction of sp³-hybridized carbons (Fsp3) is 0.250. The van der Waals surface area contributed by atoms with Crippen LogP contribution in [0.25, 0.3) is 0 Å². The van der Waals surface area contributed by atoms with Gasteiger partial charge in [0.15, 0.2) is 12.1 Å². The third kappa shape index (κ3) is 3.42. The molecule has 4 rings (SSSR count). The standard InChI is InChI=1S/C20H18BrN5O3/c1-11-4-3-5-15(12(11)2)22-16(27)10-25-18-17(23-24-25)19(28)26(20(18)29)14-8-6-13(21)7-9-14/h3-9,17-18H,10H2,1-2H3,(H,22,27)/t17-,18+/m1/s1. The maximum Gasteiger partial charge on any atom is 0.263 e. The quantitative estimate of drug-likeness (QED) is 0.716. The average Bonchev–Trinajstić information content (AvgIpc) is 3.20. The molecular weight excluding hydrogens is 438 g/mol. The van der Waals surface area contributed by atoms with E-state index in [9.17, 15) is 14.4 Å². The molecule has 2 aliphatic rings. The van der Waals surface area contributed by atoms with Crippen LogP contribution < -0.4 is 10.2 Å². The molecule has 2 aliphatic heterocycles. The number of carbonyl (C=O) groups excluding carboxylic acids is 3. The molecule has 0 spiro atoms. The summed E-state index contributed by atoms with van der Waals surface area (Å²) in [4.78, 5) is 39.3. The van der Waals surface area contributed by atoms with Gasteiger partial charge in [-0.3, -0.25) is 19.4 Å². The zero-order chi connectivity index (χ0) is 20.7. The van der Waals surface area contributed by atoms with Crippen molar-refractivity contribution in [3.63, 3.8) is 0 Å². The van der Waals surface area contributed by atoms with Crippen LogP contribution in [0.1, 0.15) is 11.1 Å². The molecule has 2 atom stereocenters. The summed E-state index contributed by atoms with van der Waals surface area (Å²) in [6, 6.07) is 10.7. The fourth-order valence-corrected chi connectivity index (χ4v) is 3.69. The number of carbonyl (C=O) groups is 3. The lowest BCUT2D eigenvalue weighted by atomic mass is 10.1. The summed E-state index contributed by atoms with van der Waals surface area (Å²) >= 11 is 3.33. The van der Waals surface area contributed by atoms with Crippen LogP contribution in [0.5, 0.6) is 0 Å². The van der Waals surface area contributed by atoms with Crippen LogP contribution in [0.4, 0.5) is 11.4 Å². The van der Waals surface area contributed by atoms with Gasteiger partial charge in [0.05, 0.1) is 5.69 Å². The van der Waals surface area contributed by atoms with Gasteiger partial charge in [-0.25, -0.2) is 4.90 Å². The van der Waals surface area contributed by atoms with Gasteiger partial charge in [0.25, 0.3) is 11.8 Å². The Bertz CT molecular complexity index is 1040. The van der Waals surface area contributed by atoms with Crippen molar-refractivity contribution in [3.05, 3.63) is 58.1 Å². The summed E-state index contributed by atoms with van der Waals surface area (Å²) in [5.41, 5.74) is 3.20. The van der Waals surface area contributed by atoms with Gasteiger partial charge >= 0.3 is 0 Å². The Balaban J connectivity index is 1.49. The molecule has 2 aromatic rings. The molecule has 0 radical (unpaired) electrons. The highest BCUT2D eigenvalue weighted by molar-refractivity contribution is 9.10. The Kier molecular flexibility index (Phi) is 4.91. The second-order valence-corrected chi connectivity index (χ2v) is 7.89. The van der Waals surface area contributed by atoms with E-state index in [1.165, 1.54) is 5.01 Å². The second-order valence-electron chi connectivity index (χ2n) is 6.98. The minimum Gasteiger partial charge on any atom is -0.324 e. The maximum absolute atomic E-state index is 12.9. The Morgan fingerprint density at radius 2 is 1.83 bits per heavy atom. The number of hydrogen-bond donors (Lipinski definition) is 1. The number of amides is 3. The van der Waals surface area contributed by atoms with Crippen LogP contribution >= 0.6 is 15.9 Å². The lowest BCUT2D eigenvalue weighted by Gasteiger charge is -2.20. The number of nitrogens with one attached hydrogen (secondary N) is 1. The zero-order valence-electron chi connectivity index (χ0n) is 15.8. The van der Waals surface area contributed by atoms with E-state index in [0.717, 1.165) is 20.5 Å². The predicted octanol–water partition coefficient (Wildman–Crippen LogP) is 3.00.